The minimum absolute atomic E-state index is 0.00905. The Hall–Kier alpha value is -3.89. The van der Waals surface area contributed by atoms with Crippen LogP contribution in [0.1, 0.15) is 90.5 Å². The molecule has 0 radical (unpaired) electrons. The number of urea groups is 1. The third kappa shape index (κ3) is 6.55. The largest absolute Gasteiger partial charge is 0.393 e. The summed E-state index contributed by atoms with van der Waals surface area (Å²) in [5.74, 6) is -5.46. The van der Waals surface area contributed by atoms with Gasteiger partial charge in [-0.1, -0.05) is 19.0 Å². The SMILES string of the molecule is [2H]C1([2H])NC(=O)N(C(COC)c2cnn3cc(C(CCC(C)(C)C(F)(F)F)NC(=O)c4nonc4C4CC4)nc3c2)C([2H])([2H])C1(F)F. The number of carbonyl (C=O) groups is 2. The predicted octanol–water partition coefficient (Wildman–Crippen LogP) is 4.18. The number of nitrogens with one attached hydrogen (secondary N) is 2. The fourth-order valence-electron chi connectivity index (χ4n) is 4.52. The van der Waals surface area contributed by atoms with Crippen LogP contribution in [0.3, 0.4) is 0 Å². The standard InChI is InChI=1S/C26H31F5N8O4/c1-24(2,26(29,30)31)7-6-16(35-22(40)21-20(14-4-5-14)36-43-37-21)17-10-39-19(34-17)8-15(9-33-39)18(11-42-3)38-13-25(27,28)12-32-23(38)41/h8-10,14,16,18H,4-7,11-13H2,1-3H3,(H,32,41)(H,35,40)/i12D2,13D2. The number of hydrogen-bond donors (Lipinski definition) is 2. The smallest absolute Gasteiger partial charge is 0.382 e. The molecule has 1 saturated carbocycles. The number of rotatable bonds is 11. The van der Waals surface area contributed by atoms with Gasteiger partial charge in [0, 0.05) is 18.6 Å². The van der Waals surface area contributed by atoms with Crippen molar-refractivity contribution in [3.63, 3.8) is 0 Å². The molecule has 3 amide bonds. The maximum Gasteiger partial charge on any atom is 0.393 e. The van der Waals surface area contributed by atoms with Gasteiger partial charge in [-0.05, 0) is 36.9 Å². The number of imidazole rings is 1. The third-order valence-corrected chi connectivity index (χ3v) is 7.37. The van der Waals surface area contributed by atoms with Crippen LogP contribution >= 0.6 is 0 Å². The lowest BCUT2D eigenvalue weighted by Gasteiger charge is -2.38. The van der Waals surface area contributed by atoms with Crippen molar-refractivity contribution in [3.05, 3.63) is 41.1 Å². The molecule has 5 rings (SSSR count). The van der Waals surface area contributed by atoms with E-state index in [9.17, 15) is 31.5 Å². The molecule has 0 spiro atoms. The van der Waals surface area contributed by atoms with Crippen molar-refractivity contribution >= 4 is 17.6 Å². The van der Waals surface area contributed by atoms with E-state index in [-0.39, 0.29) is 39.8 Å². The fourth-order valence-corrected chi connectivity index (χ4v) is 4.52. The van der Waals surface area contributed by atoms with Gasteiger partial charge < -0.3 is 20.3 Å². The Kier molecular flexibility index (Phi) is 6.73. The second-order valence-corrected chi connectivity index (χ2v) is 11.1. The van der Waals surface area contributed by atoms with Crippen LogP contribution in [-0.2, 0) is 4.74 Å². The highest BCUT2D eigenvalue weighted by Gasteiger charge is 2.47. The zero-order valence-electron chi connectivity index (χ0n) is 27.2. The Morgan fingerprint density at radius 2 is 2.07 bits per heavy atom. The molecule has 2 N–H and O–H groups in total. The van der Waals surface area contributed by atoms with E-state index in [1.54, 1.807) is 0 Å². The van der Waals surface area contributed by atoms with Crippen molar-refractivity contribution in [2.75, 3.05) is 26.7 Å². The highest BCUT2D eigenvalue weighted by molar-refractivity contribution is 5.93. The van der Waals surface area contributed by atoms with E-state index in [0.29, 0.717) is 5.69 Å². The van der Waals surface area contributed by atoms with Gasteiger partial charge in [0.1, 0.15) is 5.69 Å². The average molecular weight is 619 g/mol. The van der Waals surface area contributed by atoms with Crippen LogP contribution < -0.4 is 10.6 Å². The van der Waals surface area contributed by atoms with Crippen molar-refractivity contribution in [1.82, 2.24) is 40.4 Å². The number of methoxy groups -OCH3 is 1. The minimum Gasteiger partial charge on any atom is -0.382 e. The summed E-state index contributed by atoms with van der Waals surface area (Å²) in [5, 5.41) is 15.8. The van der Waals surface area contributed by atoms with Gasteiger partial charge in [-0.3, -0.25) is 4.79 Å². The van der Waals surface area contributed by atoms with Crippen LogP contribution in [0.2, 0.25) is 0 Å². The van der Waals surface area contributed by atoms with Crippen LogP contribution in [0.15, 0.2) is 23.1 Å². The fraction of sp³-hybridized carbons (Fsp3) is 0.615. The van der Waals surface area contributed by atoms with E-state index >= 15 is 0 Å². The van der Waals surface area contributed by atoms with Crippen LogP contribution in [0.25, 0.3) is 5.65 Å². The van der Waals surface area contributed by atoms with Gasteiger partial charge in [-0.15, -0.1) is 0 Å². The molecule has 1 aliphatic heterocycles. The molecule has 3 aromatic heterocycles. The van der Waals surface area contributed by atoms with Crippen molar-refractivity contribution in [2.24, 2.45) is 5.41 Å². The first-order valence-electron chi connectivity index (χ1n) is 15.3. The maximum absolute atomic E-state index is 15.0. The van der Waals surface area contributed by atoms with E-state index < -0.39 is 67.6 Å². The first kappa shape index (κ1) is 25.6. The van der Waals surface area contributed by atoms with E-state index in [0.717, 1.165) is 32.9 Å². The molecule has 1 aliphatic carbocycles. The molecule has 234 valence electrons. The number of amides is 3. The van der Waals surface area contributed by atoms with E-state index in [4.69, 9.17) is 14.8 Å². The summed E-state index contributed by atoms with van der Waals surface area (Å²) in [6, 6.07) is -2.86. The molecule has 2 fully saturated rings. The molecule has 2 unspecified atom stereocenters. The minimum atomic E-state index is -4.70. The summed E-state index contributed by atoms with van der Waals surface area (Å²) in [4.78, 5) is 30.6. The lowest BCUT2D eigenvalue weighted by atomic mass is 9.85. The summed E-state index contributed by atoms with van der Waals surface area (Å²) in [7, 11) is 1.18. The number of ether oxygens (including phenoxy) is 1. The van der Waals surface area contributed by atoms with Gasteiger partial charge in [0.25, 0.3) is 11.8 Å². The lowest BCUT2D eigenvalue weighted by molar-refractivity contribution is -0.214. The van der Waals surface area contributed by atoms with Crippen LogP contribution in [0.4, 0.5) is 26.7 Å². The van der Waals surface area contributed by atoms with Crippen molar-refractivity contribution in [3.8, 4) is 0 Å². The summed E-state index contributed by atoms with van der Waals surface area (Å²) < 4.78 is 113. The average Bonchev–Trinajstić information content (AvgIpc) is 3.52. The number of halogens is 5. The Balaban J connectivity index is 1.49. The van der Waals surface area contributed by atoms with Crippen molar-refractivity contribution in [2.45, 2.75) is 69.6 Å². The quantitative estimate of drug-likeness (QED) is 0.305. The molecule has 2 atom stereocenters. The summed E-state index contributed by atoms with van der Waals surface area (Å²) in [6.07, 6.45) is -1.19. The molecule has 1 saturated heterocycles. The monoisotopic (exact) mass is 618 g/mol. The van der Waals surface area contributed by atoms with Crippen LogP contribution in [0.5, 0.6) is 0 Å². The Labute approximate surface area is 247 Å². The predicted molar refractivity (Wildman–Crippen MR) is 138 cm³/mol. The number of carbonyl (C=O) groups excluding carboxylic acids is 2. The molecule has 2 aliphatic rings. The van der Waals surface area contributed by atoms with E-state index in [1.807, 2.05) is 0 Å². The summed E-state index contributed by atoms with van der Waals surface area (Å²) in [6.45, 7) is -6.00. The van der Waals surface area contributed by atoms with Gasteiger partial charge in [0.2, 0.25) is 0 Å². The van der Waals surface area contributed by atoms with Crippen molar-refractivity contribution < 1.29 is 46.4 Å². The molecule has 3 aromatic rings. The van der Waals surface area contributed by atoms with Crippen LogP contribution in [0, 0.1) is 5.41 Å². The van der Waals surface area contributed by atoms with Crippen LogP contribution in [-0.4, -0.2) is 80.6 Å². The molecule has 12 nitrogen and oxygen atoms in total. The molecular formula is C26H31F5N8O4. The zero-order chi connectivity index (χ0) is 34.7. The summed E-state index contributed by atoms with van der Waals surface area (Å²) in [5.41, 5.74) is -1.84. The molecule has 4 heterocycles. The number of alkyl halides is 5. The van der Waals surface area contributed by atoms with Gasteiger partial charge in [-0.25, -0.2) is 27.7 Å². The summed E-state index contributed by atoms with van der Waals surface area (Å²) >= 11 is 0. The first-order chi connectivity index (χ1) is 21.7. The van der Waals surface area contributed by atoms with E-state index in [1.165, 1.54) is 29.2 Å². The Morgan fingerprint density at radius 3 is 2.74 bits per heavy atom. The third-order valence-electron chi connectivity index (χ3n) is 7.37. The van der Waals surface area contributed by atoms with Gasteiger partial charge >= 0.3 is 12.2 Å². The number of fused-ring (bicyclic) bond motifs is 1. The second kappa shape index (κ2) is 11.3. The molecule has 0 bridgehead atoms. The number of hydrogen-bond acceptors (Lipinski definition) is 8. The number of nitrogens with zero attached hydrogens (tertiary/aromatic N) is 6. The normalized spacial score (nSPS) is 22.6. The van der Waals surface area contributed by atoms with Gasteiger partial charge in [-0.2, -0.15) is 18.3 Å². The molecule has 17 heteroatoms. The van der Waals surface area contributed by atoms with Crippen molar-refractivity contribution in [1.29, 1.82) is 0 Å². The molecular weight excluding hydrogens is 583 g/mol. The zero-order valence-corrected chi connectivity index (χ0v) is 23.2. The topological polar surface area (TPSA) is 140 Å². The van der Waals surface area contributed by atoms with Gasteiger partial charge in [0.05, 0.1) is 60.7 Å². The molecule has 0 aromatic carbocycles. The Morgan fingerprint density at radius 1 is 1.33 bits per heavy atom. The Bertz CT molecular complexity index is 1660. The first-order valence-corrected chi connectivity index (χ1v) is 13.3. The second-order valence-electron chi connectivity index (χ2n) is 11.1. The van der Waals surface area contributed by atoms with E-state index in [2.05, 4.69) is 25.7 Å². The lowest BCUT2D eigenvalue weighted by Crippen LogP contribution is -2.58. The van der Waals surface area contributed by atoms with Gasteiger partial charge in [0.15, 0.2) is 11.3 Å². The maximum atomic E-state index is 15.0. The highest BCUT2D eigenvalue weighted by Crippen LogP contribution is 2.43. The molecule has 43 heavy (non-hydrogen) atoms. The highest BCUT2D eigenvalue weighted by atomic mass is 19.4. The number of aromatic nitrogens is 5.